The Balaban J connectivity index is 3.00. The molecular formula is C9H9F6NO3S. The number of nitrogens with one attached hydrogen (secondary N) is 1. The lowest BCUT2D eigenvalue weighted by molar-refractivity contribution is -0.274. The van der Waals surface area contributed by atoms with Gasteiger partial charge in [0.05, 0.1) is 0 Å². The molecule has 11 heteroatoms. The Kier molecular flexibility index (Phi) is 4.52. The Labute approximate surface area is 112 Å². The molecule has 1 fully saturated rings. The Morgan fingerprint density at radius 2 is 1.65 bits per heavy atom. The minimum Gasteiger partial charge on any atom is -0.479 e. The molecule has 1 unspecified atom stereocenters. The Morgan fingerprint density at radius 3 is 1.95 bits per heavy atom. The average molecular weight is 325 g/mol. The minimum absolute atomic E-state index is 0.218. The second-order valence-electron chi connectivity index (χ2n) is 4.20. The number of hydrogen-bond donors (Lipinski definition) is 2. The van der Waals surface area contributed by atoms with Crippen LogP contribution in [0.2, 0.25) is 0 Å². The van der Waals surface area contributed by atoms with E-state index in [0.717, 1.165) is 11.8 Å². The van der Waals surface area contributed by atoms with E-state index in [2.05, 4.69) is 0 Å². The van der Waals surface area contributed by atoms with Gasteiger partial charge in [0.15, 0.2) is 0 Å². The maximum atomic E-state index is 12.3. The highest BCUT2D eigenvalue weighted by molar-refractivity contribution is 7.99. The fourth-order valence-electron chi connectivity index (χ4n) is 1.68. The molecule has 116 valence electrons. The van der Waals surface area contributed by atoms with E-state index >= 15 is 0 Å². The lowest BCUT2D eigenvalue weighted by Gasteiger charge is -2.29. The van der Waals surface area contributed by atoms with Crippen LogP contribution in [0.15, 0.2) is 0 Å². The van der Waals surface area contributed by atoms with E-state index in [1.54, 1.807) is 0 Å². The van der Waals surface area contributed by atoms with Gasteiger partial charge in [-0.05, 0) is 12.2 Å². The van der Waals surface area contributed by atoms with Crippen LogP contribution in [0.3, 0.4) is 0 Å². The molecule has 0 saturated carbocycles. The fourth-order valence-corrected chi connectivity index (χ4v) is 3.00. The Hall–Kier alpha value is -1.13. The molecule has 0 aromatic carbocycles. The average Bonchev–Trinajstić information content (AvgIpc) is 2.61. The van der Waals surface area contributed by atoms with Crippen LogP contribution in [-0.4, -0.2) is 46.4 Å². The number of carboxylic acid groups (broad SMARTS) is 1. The summed E-state index contributed by atoms with van der Waals surface area (Å²) in [6.07, 6.45) is -11.9. The predicted molar refractivity (Wildman–Crippen MR) is 56.1 cm³/mol. The number of carboxylic acids is 1. The van der Waals surface area contributed by atoms with E-state index in [1.807, 2.05) is 0 Å². The molecule has 1 aliphatic heterocycles. The molecule has 1 saturated heterocycles. The number of amides is 1. The zero-order chi connectivity index (χ0) is 15.8. The molecule has 0 bridgehead atoms. The van der Waals surface area contributed by atoms with Gasteiger partial charge in [-0.15, -0.1) is 0 Å². The minimum atomic E-state index is -5.84. The Morgan fingerprint density at radius 1 is 1.15 bits per heavy atom. The van der Waals surface area contributed by atoms with Gasteiger partial charge in [0.1, 0.15) is 5.54 Å². The topological polar surface area (TPSA) is 66.4 Å². The van der Waals surface area contributed by atoms with Gasteiger partial charge in [-0.25, -0.2) is 4.79 Å². The predicted octanol–water partition coefficient (Wildman–Crippen LogP) is 1.80. The molecule has 0 spiro atoms. The third-order valence-electron chi connectivity index (χ3n) is 2.71. The summed E-state index contributed by atoms with van der Waals surface area (Å²) in [6, 6.07) is 0. The van der Waals surface area contributed by atoms with E-state index in [9.17, 15) is 35.9 Å². The maximum Gasteiger partial charge on any atom is 0.409 e. The second kappa shape index (κ2) is 5.34. The van der Waals surface area contributed by atoms with Crippen LogP contribution in [0.5, 0.6) is 0 Å². The molecule has 0 aliphatic carbocycles. The number of carbonyl (C=O) groups is 2. The highest BCUT2D eigenvalue weighted by Gasteiger charge is 2.62. The van der Waals surface area contributed by atoms with Crippen molar-refractivity contribution in [3.8, 4) is 0 Å². The van der Waals surface area contributed by atoms with E-state index in [4.69, 9.17) is 5.11 Å². The third-order valence-corrected chi connectivity index (χ3v) is 3.90. The first-order chi connectivity index (χ1) is 8.90. The zero-order valence-corrected chi connectivity index (χ0v) is 10.5. The molecule has 1 heterocycles. The van der Waals surface area contributed by atoms with Gasteiger partial charge in [0, 0.05) is 5.75 Å². The maximum absolute atomic E-state index is 12.3. The number of hydrogen-bond acceptors (Lipinski definition) is 3. The van der Waals surface area contributed by atoms with Crippen molar-refractivity contribution in [1.29, 1.82) is 0 Å². The highest BCUT2D eigenvalue weighted by Crippen LogP contribution is 2.40. The summed E-state index contributed by atoms with van der Waals surface area (Å²) in [5.74, 6) is -8.35. The standard InChI is InChI=1S/C9H9F6NO3S/c10-8(11,12)4(9(13,14)15)5(17)16-7(6(18)19)1-2-20-3-7/h4H,1-3H2,(H,16,17)(H,18,19). The molecule has 0 aromatic heterocycles. The van der Waals surface area contributed by atoms with Crippen molar-refractivity contribution in [2.75, 3.05) is 11.5 Å². The van der Waals surface area contributed by atoms with Crippen molar-refractivity contribution in [2.24, 2.45) is 5.92 Å². The van der Waals surface area contributed by atoms with Crippen LogP contribution in [0, 0.1) is 5.92 Å². The second-order valence-corrected chi connectivity index (χ2v) is 5.30. The lowest BCUT2D eigenvalue weighted by Crippen LogP contribution is -2.59. The fraction of sp³-hybridized carbons (Fsp3) is 0.778. The summed E-state index contributed by atoms with van der Waals surface area (Å²) in [5.41, 5.74) is -2.09. The first-order valence-corrected chi connectivity index (χ1v) is 6.32. The van der Waals surface area contributed by atoms with E-state index in [1.165, 1.54) is 5.32 Å². The number of halogens is 6. The number of thioether (sulfide) groups is 1. The summed E-state index contributed by atoms with van der Waals surface area (Å²) >= 11 is 1.02. The molecule has 20 heavy (non-hydrogen) atoms. The normalized spacial score (nSPS) is 23.9. The van der Waals surface area contributed by atoms with Gasteiger partial charge in [0.2, 0.25) is 11.8 Å². The smallest absolute Gasteiger partial charge is 0.409 e. The van der Waals surface area contributed by atoms with Crippen molar-refractivity contribution in [2.45, 2.75) is 24.3 Å². The molecule has 4 nitrogen and oxygen atoms in total. The number of rotatable bonds is 3. The van der Waals surface area contributed by atoms with Crippen LogP contribution < -0.4 is 5.32 Å². The first-order valence-electron chi connectivity index (χ1n) is 5.17. The molecule has 0 radical (unpaired) electrons. The quantitative estimate of drug-likeness (QED) is 0.777. The van der Waals surface area contributed by atoms with Crippen LogP contribution in [0.1, 0.15) is 6.42 Å². The first kappa shape index (κ1) is 16.9. The van der Waals surface area contributed by atoms with Crippen molar-refractivity contribution in [3.05, 3.63) is 0 Å². The van der Waals surface area contributed by atoms with Crippen molar-refractivity contribution < 1.29 is 41.0 Å². The molecule has 1 atom stereocenters. The van der Waals surface area contributed by atoms with E-state index < -0.39 is 35.7 Å². The van der Waals surface area contributed by atoms with E-state index in [0.29, 0.717) is 0 Å². The summed E-state index contributed by atoms with van der Waals surface area (Å²) in [7, 11) is 0. The summed E-state index contributed by atoms with van der Waals surface area (Å²) < 4.78 is 74.0. The largest absolute Gasteiger partial charge is 0.479 e. The van der Waals surface area contributed by atoms with Crippen molar-refractivity contribution >= 4 is 23.6 Å². The zero-order valence-electron chi connectivity index (χ0n) is 9.64. The van der Waals surface area contributed by atoms with Gasteiger partial charge in [-0.1, -0.05) is 0 Å². The molecular weight excluding hydrogens is 316 g/mol. The highest BCUT2D eigenvalue weighted by atomic mass is 32.2. The third kappa shape index (κ3) is 3.49. The lowest BCUT2D eigenvalue weighted by atomic mass is 9.97. The molecule has 1 rings (SSSR count). The van der Waals surface area contributed by atoms with Gasteiger partial charge < -0.3 is 10.4 Å². The van der Waals surface area contributed by atoms with Gasteiger partial charge >= 0.3 is 18.3 Å². The number of alkyl halides is 6. The monoisotopic (exact) mass is 325 g/mol. The van der Waals surface area contributed by atoms with Gasteiger partial charge in [-0.2, -0.15) is 38.1 Å². The van der Waals surface area contributed by atoms with Gasteiger partial charge in [0.25, 0.3) is 0 Å². The molecule has 1 amide bonds. The van der Waals surface area contributed by atoms with Crippen LogP contribution >= 0.6 is 11.8 Å². The number of aliphatic carboxylic acids is 1. The molecule has 0 aromatic rings. The molecule has 1 aliphatic rings. The number of carbonyl (C=O) groups excluding carboxylic acids is 1. The van der Waals surface area contributed by atoms with Crippen LogP contribution in [0.25, 0.3) is 0 Å². The summed E-state index contributed by atoms with van der Waals surface area (Å²) in [6.45, 7) is 0. The van der Waals surface area contributed by atoms with Crippen LogP contribution in [0.4, 0.5) is 26.3 Å². The Bertz CT molecular complexity index is 387. The van der Waals surface area contributed by atoms with Gasteiger partial charge in [-0.3, -0.25) is 4.79 Å². The van der Waals surface area contributed by atoms with Crippen LogP contribution in [-0.2, 0) is 9.59 Å². The van der Waals surface area contributed by atoms with Crippen molar-refractivity contribution in [3.63, 3.8) is 0 Å². The summed E-state index contributed by atoms with van der Waals surface area (Å²) in [5, 5.41) is 10.3. The van der Waals surface area contributed by atoms with E-state index in [-0.39, 0.29) is 17.9 Å². The van der Waals surface area contributed by atoms with Crippen molar-refractivity contribution in [1.82, 2.24) is 5.32 Å². The molecule has 2 N–H and O–H groups in total. The summed E-state index contributed by atoms with van der Waals surface area (Å²) in [4.78, 5) is 22.3. The SMILES string of the molecule is O=C(NC1(C(=O)O)CCSC1)C(C(F)(F)F)C(F)(F)F.